The summed E-state index contributed by atoms with van der Waals surface area (Å²) in [6, 6.07) is 0. The molecule has 4 heteroatoms. The van der Waals surface area contributed by atoms with Gasteiger partial charge in [-0.3, -0.25) is 0 Å². The second-order valence-corrected chi connectivity index (χ2v) is 7.86. The third-order valence-corrected chi connectivity index (χ3v) is 5.54. The largest absolute Gasteiger partial charge is 0.369 e. The number of hydrogen-bond donors (Lipinski definition) is 2. The number of aliphatic imine (C=N–C) groups is 1. The van der Waals surface area contributed by atoms with Crippen LogP contribution in [-0.4, -0.2) is 39.9 Å². The molecule has 0 saturated carbocycles. The van der Waals surface area contributed by atoms with E-state index in [1.165, 1.54) is 89.9 Å². The maximum Gasteiger partial charge on any atom is 0.192 e. The Balaban J connectivity index is 1.83. The minimum atomic E-state index is -0.957. The van der Waals surface area contributed by atoms with Gasteiger partial charge in [-0.15, -0.1) is 0 Å². The molecule has 1 aliphatic heterocycles. The summed E-state index contributed by atoms with van der Waals surface area (Å²) >= 11 is 0. The number of unbranched alkanes of at least 4 members (excludes halogenated alkanes) is 14. The first-order valence-electron chi connectivity index (χ1n) is 11.4. The zero-order valence-corrected chi connectivity index (χ0v) is 17.5. The fraction of sp³-hybridized carbons (Fsp3) is 0.955. The highest BCUT2D eigenvalue weighted by atomic mass is 16.4. The van der Waals surface area contributed by atoms with E-state index in [4.69, 9.17) is 0 Å². The molecule has 4 nitrogen and oxygen atoms in total. The van der Waals surface area contributed by atoms with Gasteiger partial charge in [0.1, 0.15) is 5.84 Å². The van der Waals surface area contributed by atoms with E-state index in [0.29, 0.717) is 6.54 Å². The Morgan fingerprint density at radius 2 is 1.12 bits per heavy atom. The smallest absolute Gasteiger partial charge is 0.192 e. The molecule has 0 fully saturated rings. The van der Waals surface area contributed by atoms with Gasteiger partial charge in [-0.25, -0.2) is 4.99 Å². The maximum atomic E-state index is 9.81. The Labute approximate surface area is 162 Å². The van der Waals surface area contributed by atoms with Crippen LogP contribution in [0.5, 0.6) is 0 Å². The Bertz CT molecular complexity index is 360. The van der Waals surface area contributed by atoms with Crippen LogP contribution in [0, 0.1) is 0 Å². The Morgan fingerprint density at radius 3 is 1.54 bits per heavy atom. The Kier molecular flexibility index (Phi) is 13.9. The molecule has 0 spiro atoms. The number of nitrogens with zero attached hydrogens (tertiary/aromatic N) is 2. The summed E-state index contributed by atoms with van der Waals surface area (Å²) in [6.07, 6.45) is 19.6. The molecule has 1 aliphatic rings. The quantitative estimate of drug-likeness (QED) is 0.328. The zero-order valence-electron chi connectivity index (χ0n) is 17.5. The van der Waals surface area contributed by atoms with E-state index in [2.05, 4.69) is 11.9 Å². The van der Waals surface area contributed by atoms with Gasteiger partial charge < -0.3 is 15.1 Å². The molecular weight excluding hydrogens is 324 g/mol. The van der Waals surface area contributed by atoms with Gasteiger partial charge in [0, 0.05) is 13.0 Å². The van der Waals surface area contributed by atoms with E-state index in [0.717, 1.165) is 18.7 Å². The summed E-state index contributed by atoms with van der Waals surface area (Å²) in [5.74, 6) is 0.877. The molecule has 0 saturated heterocycles. The average molecular weight is 369 g/mol. The summed E-state index contributed by atoms with van der Waals surface area (Å²) in [6.45, 7) is 4.97. The van der Waals surface area contributed by atoms with E-state index in [1.54, 1.807) is 0 Å². The first kappa shape index (κ1) is 23.4. The normalized spacial score (nSPS) is 20.0. The van der Waals surface area contributed by atoms with Crippen molar-refractivity contribution in [1.82, 2.24) is 4.90 Å². The second-order valence-electron chi connectivity index (χ2n) is 7.86. The number of aliphatic hydroxyl groups excluding tert-OH is 2. The predicted molar refractivity (Wildman–Crippen MR) is 111 cm³/mol. The van der Waals surface area contributed by atoms with Crippen LogP contribution < -0.4 is 0 Å². The van der Waals surface area contributed by atoms with E-state index < -0.39 is 12.5 Å². The highest BCUT2D eigenvalue weighted by molar-refractivity contribution is 5.84. The fourth-order valence-corrected chi connectivity index (χ4v) is 3.84. The first-order valence-corrected chi connectivity index (χ1v) is 11.4. The first-order chi connectivity index (χ1) is 12.7. The maximum absolute atomic E-state index is 9.81. The molecule has 0 aromatic carbocycles. The molecule has 1 heterocycles. The average Bonchev–Trinajstić information content (AvgIpc) is 2.91. The summed E-state index contributed by atoms with van der Waals surface area (Å²) in [4.78, 5) is 5.99. The van der Waals surface area contributed by atoms with Crippen LogP contribution in [0.1, 0.15) is 117 Å². The number of rotatable bonds is 17. The van der Waals surface area contributed by atoms with Gasteiger partial charge in [-0.2, -0.15) is 0 Å². The van der Waals surface area contributed by atoms with Crippen LogP contribution in [0.2, 0.25) is 0 Å². The zero-order chi connectivity index (χ0) is 19.0. The van der Waals surface area contributed by atoms with Gasteiger partial charge in [0.15, 0.2) is 12.5 Å². The molecule has 0 bridgehead atoms. The van der Waals surface area contributed by atoms with Crippen molar-refractivity contribution in [2.24, 2.45) is 4.99 Å². The standard InChI is InChI=1S/C22H44N2O2/c1-3-5-6-7-8-9-10-11-12-13-14-15-16-17-18-19-20-23-21(25)22(26)24(20)4-2/h21-22,25-26H,3-19H2,1-2H3. The van der Waals surface area contributed by atoms with Crippen LogP contribution in [0.3, 0.4) is 0 Å². The van der Waals surface area contributed by atoms with Crippen molar-refractivity contribution in [3.8, 4) is 0 Å². The lowest BCUT2D eigenvalue weighted by Crippen LogP contribution is -2.39. The van der Waals surface area contributed by atoms with E-state index in [9.17, 15) is 10.2 Å². The van der Waals surface area contributed by atoms with Crippen LogP contribution in [-0.2, 0) is 0 Å². The number of aliphatic hydroxyl groups is 2. The van der Waals surface area contributed by atoms with Crippen LogP contribution in [0.4, 0.5) is 0 Å². The molecule has 154 valence electrons. The SMILES string of the molecule is CCCCCCCCCCCCCCCCCC1=NC(O)C(O)N1CC. The minimum absolute atomic E-state index is 0.704. The van der Waals surface area contributed by atoms with E-state index in [-0.39, 0.29) is 0 Å². The minimum Gasteiger partial charge on any atom is -0.369 e. The van der Waals surface area contributed by atoms with Crippen molar-refractivity contribution in [2.75, 3.05) is 6.54 Å². The molecule has 2 atom stereocenters. The molecule has 2 unspecified atom stereocenters. The third kappa shape index (κ3) is 9.91. The molecule has 0 amide bonds. The topological polar surface area (TPSA) is 56.1 Å². The molecule has 2 N–H and O–H groups in total. The Hall–Kier alpha value is -0.610. The summed E-state index contributed by atoms with van der Waals surface area (Å²) < 4.78 is 0. The van der Waals surface area contributed by atoms with Crippen molar-refractivity contribution in [1.29, 1.82) is 0 Å². The highest BCUT2D eigenvalue weighted by Gasteiger charge is 2.31. The van der Waals surface area contributed by atoms with Crippen molar-refractivity contribution in [2.45, 2.75) is 129 Å². The highest BCUT2D eigenvalue weighted by Crippen LogP contribution is 2.18. The van der Waals surface area contributed by atoms with Crippen molar-refractivity contribution < 1.29 is 10.2 Å². The lowest BCUT2D eigenvalue weighted by molar-refractivity contribution is -0.0294. The van der Waals surface area contributed by atoms with Gasteiger partial charge in [0.25, 0.3) is 0 Å². The number of hydrogen-bond acceptors (Lipinski definition) is 4. The number of likely N-dealkylation sites (N-methyl/N-ethyl adjacent to an activating group) is 1. The van der Waals surface area contributed by atoms with Crippen molar-refractivity contribution in [3.63, 3.8) is 0 Å². The van der Waals surface area contributed by atoms with Crippen molar-refractivity contribution >= 4 is 5.84 Å². The lowest BCUT2D eigenvalue weighted by atomic mass is 10.0. The number of amidine groups is 1. The van der Waals surface area contributed by atoms with Crippen LogP contribution >= 0.6 is 0 Å². The van der Waals surface area contributed by atoms with Crippen molar-refractivity contribution in [3.05, 3.63) is 0 Å². The lowest BCUT2D eigenvalue weighted by Gasteiger charge is -2.23. The third-order valence-electron chi connectivity index (χ3n) is 5.54. The molecule has 0 radical (unpaired) electrons. The molecule has 0 aromatic heterocycles. The molecule has 0 aliphatic carbocycles. The summed E-state index contributed by atoms with van der Waals surface area (Å²) in [5, 5.41) is 19.4. The second kappa shape index (κ2) is 15.4. The van der Waals surface area contributed by atoms with Gasteiger partial charge >= 0.3 is 0 Å². The Morgan fingerprint density at radius 1 is 0.692 bits per heavy atom. The van der Waals surface area contributed by atoms with Gasteiger partial charge in [0.05, 0.1) is 0 Å². The molecule has 26 heavy (non-hydrogen) atoms. The summed E-state index contributed by atoms with van der Waals surface area (Å²) in [7, 11) is 0. The van der Waals surface area contributed by atoms with E-state index >= 15 is 0 Å². The van der Waals surface area contributed by atoms with Crippen LogP contribution in [0.25, 0.3) is 0 Å². The van der Waals surface area contributed by atoms with Gasteiger partial charge in [-0.1, -0.05) is 96.8 Å². The van der Waals surface area contributed by atoms with Gasteiger partial charge in [0.2, 0.25) is 0 Å². The molecule has 0 aromatic rings. The summed E-state index contributed by atoms with van der Waals surface area (Å²) in [5.41, 5.74) is 0. The van der Waals surface area contributed by atoms with E-state index in [1.807, 2.05) is 11.8 Å². The fourth-order valence-electron chi connectivity index (χ4n) is 3.84. The molecular formula is C22H44N2O2. The predicted octanol–water partition coefficient (Wildman–Crippen LogP) is 5.62. The van der Waals surface area contributed by atoms with Crippen LogP contribution in [0.15, 0.2) is 4.99 Å². The van der Waals surface area contributed by atoms with Gasteiger partial charge in [-0.05, 0) is 13.3 Å². The molecule has 1 rings (SSSR count). The monoisotopic (exact) mass is 368 g/mol.